The van der Waals surface area contributed by atoms with Crippen LogP contribution in [0.1, 0.15) is 22.9 Å². The van der Waals surface area contributed by atoms with Crippen molar-refractivity contribution in [2.24, 2.45) is 0 Å². The van der Waals surface area contributed by atoms with Crippen LogP contribution in [0.2, 0.25) is 0 Å². The summed E-state index contributed by atoms with van der Waals surface area (Å²) in [5, 5.41) is 0. The predicted octanol–water partition coefficient (Wildman–Crippen LogP) is 6.05. The van der Waals surface area contributed by atoms with Crippen LogP contribution in [0.25, 0.3) is 0 Å². The minimum atomic E-state index is 0.186. The lowest BCUT2D eigenvalue weighted by Crippen LogP contribution is -1.96. The van der Waals surface area contributed by atoms with Gasteiger partial charge in [0.05, 0.1) is 15.9 Å². The van der Waals surface area contributed by atoms with Crippen LogP contribution < -0.4 is 4.74 Å². The maximum absolute atomic E-state index is 5.54. The van der Waals surface area contributed by atoms with Crippen molar-refractivity contribution in [3.8, 4) is 5.75 Å². The second-order valence-corrected chi connectivity index (χ2v) is 6.91. The molecule has 0 heterocycles. The summed E-state index contributed by atoms with van der Waals surface area (Å²) in [7, 11) is 0. The number of halogens is 2. The lowest BCUT2D eigenvalue weighted by Gasteiger charge is -2.13. The van der Waals surface area contributed by atoms with Gasteiger partial charge in [-0.15, -0.1) is 11.8 Å². The molecule has 0 saturated heterocycles. The van der Waals surface area contributed by atoms with E-state index in [0.29, 0.717) is 6.61 Å². The van der Waals surface area contributed by atoms with Crippen LogP contribution in [0.15, 0.2) is 51.8 Å². The fourth-order valence-electron chi connectivity index (χ4n) is 1.91. The fraction of sp³-hybridized carbons (Fsp3) is 0.250. The Morgan fingerprint density at radius 3 is 2.30 bits per heavy atom. The van der Waals surface area contributed by atoms with Gasteiger partial charge in [-0.25, -0.2) is 0 Å². The first-order valence-electron chi connectivity index (χ1n) is 6.36. The van der Waals surface area contributed by atoms with E-state index in [2.05, 4.69) is 74.5 Å². The number of ether oxygens (including phenoxy) is 1. The summed E-state index contributed by atoms with van der Waals surface area (Å²) in [5.74, 6) is 0.883. The van der Waals surface area contributed by atoms with Gasteiger partial charge in [-0.1, -0.05) is 34.1 Å². The van der Waals surface area contributed by atoms with E-state index >= 15 is 0 Å². The van der Waals surface area contributed by atoms with E-state index in [-0.39, 0.29) is 4.83 Å². The van der Waals surface area contributed by atoms with Crippen LogP contribution in [0.5, 0.6) is 5.75 Å². The minimum absolute atomic E-state index is 0.186. The van der Waals surface area contributed by atoms with Crippen molar-refractivity contribution in [3.05, 3.63) is 58.1 Å². The van der Waals surface area contributed by atoms with Crippen molar-refractivity contribution in [2.45, 2.75) is 16.6 Å². The Bertz CT molecular complexity index is 569. The quantitative estimate of drug-likeness (QED) is 0.433. The molecule has 1 nitrogen and oxygen atoms in total. The van der Waals surface area contributed by atoms with E-state index in [9.17, 15) is 0 Å². The molecule has 0 aliphatic heterocycles. The first kappa shape index (κ1) is 15.9. The normalized spacial score (nSPS) is 12.2. The Hall–Kier alpha value is -0.450. The van der Waals surface area contributed by atoms with E-state index in [4.69, 9.17) is 4.74 Å². The third-order valence-corrected chi connectivity index (χ3v) is 5.38. The topological polar surface area (TPSA) is 9.23 Å². The van der Waals surface area contributed by atoms with Crippen molar-refractivity contribution >= 4 is 43.6 Å². The largest absolute Gasteiger partial charge is 0.493 e. The van der Waals surface area contributed by atoms with Crippen molar-refractivity contribution in [1.29, 1.82) is 0 Å². The maximum atomic E-state index is 5.54. The maximum Gasteiger partial charge on any atom is 0.133 e. The number of rotatable bonds is 5. The van der Waals surface area contributed by atoms with Gasteiger partial charge >= 0.3 is 0 Å². The Labute approximate surface area is 141 Å². The molecule has 0 fully saturated rings. The lowest BCUT2D eigenvalue weighted by atomic mass is 10.0. The molecule has 0 N–H and O–H groups in total. The summed E-state index contributed by atoms with van der Waals surface area (Å²) < 4.78 is 6.53. The van der Waals surface area contributed by atoms with Gasteiger partial charge < -0.3 is 4.74 Å². The van der Waals surface area contributed by atoms with Crippen molar-refractivity contribution in [2.75, 3.05) is 12.9 Å². The molecule has 2 aromatic carbocycles. The predicted molar refractivity (Wildman–Crippen MR) is 94.3 cm³/mol. The second kappa shape index (κ2) is 7.53. The minimum Gasteiger partial charge on any atom is -0.493 e. The number of thioether (sulfide) groups is 1. The Morgan fingerprint density at radius 2 is 1.75 bits per heavy atom. The van der Waals surface area contributed by atoms with Gasteiger partial charge in [-0.05, 0) is 64.5 Å². The van der Waals surface area contributed by atoms with E-state index in [1.165, 1.54) is 16.0 Å². The van der Waals surface area contributed by atoms with Gasteiger partial charge in [0.15, 0.2) is 0 Å². The van der Waals surface area contributed by atoms with Gasteiger partial charge in [0, 0.05) is 4.90 Å². The molecular formula is C16H16Br2OS. The molecule has 0 aliphatic carbocycles. The summed E-state index contributed by atoms with van der Waals surface area (Å²) in [6, 6.07) is 14.8. The highest BCUT2D eigenvalue weighted by Gasteiger charge is 2.12. The zero-order valence-electron chi connectivity index (χ0n) is 11.4. The van der Waals surface area contributed by atoms with Gasteiger partial charge in [0.1, 0.15) is 5.75 Å². The first-order valence-corrected chi connectivity index (χ1v) is 9.29. The van der Waals surface area contributed by atoms with Crippen LogP contribution in [-0.2, 0) is 0 Å². The average molecular weight is 416 g/mol. The zero-order valence-corrected chi connectivity index (χ0v) is 15.4. The van der Waals surface area contributed by atoms with Gasteiger partial charge in [-0.2, -0.15) is 0 Å². The fourth-order valence-corrected chi connectivity index (χ4v) is 3.42. The average Bonchev–Trinajstić information content (AvgIpc) is 2.49. The summed E-state index contributed by atoms with van der Waals surface area (Å²) in [5.41, 5.74) is 2.45. The molecule has 0 amide bonds. The lowest BCUT2D eigenvalue weighted by molar-refractivity contribution is 0.338. The third-order valence-electron chi connectivity index (χ3n) is 2.96. The highest BCUT2D eigenvalue weighted by molar-refractivity contribution is 9.10. The van der Waals surface area contributed by atoms with E-state index in [1.54, 1.807) is 11.8 Å². The van der Waals surface area contributed by atoms with Gasteiger partial charge in [-0.3, -0.25) is 0 Å². The molecule has 0 aromatic heterocycles. The first-order chi connectivity index (χ1) is 9.65. The smallest absolute Gasteiger partial charge is 0.133 e. The van der Waals surface area contributed by atoms with E-state index in [0.717, 1.165) is 10.2 Å². The van der Waals surface area contributed by atoms with Gasteiger partial charge in [0.25, 0.3) is 0 Å². The number of hydrogen-bond donors (Lipinski definition) is 0. The molecule has 0 radical (unpaired) electrons. The third kappa shape index (κ3) is 3.80. The molecular weight excluding hydrogens is 400 g/mol. The van der Waals surface area contributed by atoms with Crippen LogP contribution in [0.3, 0.4) is 0 Å². The van der Waals surface area contributed by atoms with Crippen LogP contribution in [-0.4, -0.2) is 12.9 Å². The zero-order chi connectivity index (χ0) is 14.5. The monoisotopic (exact) mass is 414 g/mol. The summed E-state index contributed by atoms with van der Waals surface area (Å²) in [6.45, 7) is 2.66. The van der Waals surface area contributed by atoms with Crippen LogP contribution >= 0.6 is 43.6 Å². The highest BCUT2D eigenvalue weighted by atomic mass is 79.9. The molecule has 0 bridgehead atoms. The number of hydrogen-bond acceptors (Lipinski definition) is 2. The van der Waals surface area contributed by atoms with Crippen LogP contribution in [0.4, 0.5) is 0 Å². The molecule has 0 aliphatic rings. The Balaban J connectivity index is 2.23. The summed E-state index contributed by atoms with van der Waals surface area (Å²) in [6.07, 6.45) is 2.09. The Kier molecular flexibility index (Phi) is 6.00. The number of benzene rings is 2. The SMILES string of the molecule is CCOc1ccc(C(Br)c2ccc(SC)cc2)cc1Br. The van der Waals surface area contributed by atoms with Crippen LogP contribution in [0, 0.1) is 0 Å². The van der Waals surface area contributed by atoms with Crippen molar-refractivity contribution < 1.29 is 4.74 Å². The van der Waals surface area contributed by atoms with Gasteiger partial charge in [0.2, 0.25) is 0 Å². The number of alkyl halides is 1. The molecule has 4 heteroatoms. The van der Waals surface area contributed by atoms with E-state index in [1.807, 2.05) is 13.0 Å². The molecule has 1 atom stereocenters. The molecule has 0 saturated carbocycles. The summed E-state index contributed by atoms with van der Waals surface area (Å²) >= 11 is 9.09. The molecule has 2 aromatic rings. The molecule has 106 valence electrons. The molecule has 1 unspecified atom stereocenters. The second-order valence-electron chi connectivity index (χ2n) is 4.26. The highest BCUT2D eigenvalue weighted by Crippen LogP contribution is 2.35. The molecule has 0 spiro atoms. The molecule has 20 heavy (non-hydrogen) atoms. The van der Waals surface area contributed by atoms with E-state index < -0.39 is 0 Å². The summed E-state index contributed by atoms with van der Waals surface area (Å²) in [4.78, 5) is 1.46. The van der Waals surface area contributed by atoms with Crippen molar-refractivity contribution in [3.63, 3.8) is 0 Å². The molecule has 2 rings (SSSR count). The van der Waals surface area contributed by atoms with Crippen molar-refractivity contribution in [1.82, 2.24) is 0 Å². The standard InChI is InChI=1S/C16H16Br2OS/c1-3-19-15-9-6-12(10-14(15)17)16(18)11-4-7-13(20-2)8-5-11/h4-10,16H,3H2,1-2H3. The Morgan fingerprint density at radius 1 is 1.10 bits per heavy atom.